The van der Waals surface area contributed by atoms with Gasteiger partial charge in [0, 0.05) is 23.0 Å². The number of fused-ring (bicyclic) bond motifs is 1. The summed E-state index contributed by atoms with van der Waals surface area (Å²) in [6, 6.07) is 5.74. The van der Waals surface area contributed by atoms with Gasteiger partial charge in [0.1, 0.15) is 16.6 Å². The third-order valence-electron chi connectivity index (χ3n) is 6.13. The molecule has 0 saturated carbocycles. The average Bonchev–Trinajstić information content (AvgIpc) is 3.50. The van der Waals surface area contributed by atoms with Gasteiger partial charge < -0.3 is 14.4 Å². The van der Waals surface area contributed by atoms with Crippen molar-refractivity contribution in [3.8, 4) is 22.8 Å². The highest BCUT2D eigenvalue weighted by Gasteiger charge is 2.30. The zero-order valence-corrected chi connectivity index (χ0v) is 22.9. The maximum atomic E-state index is 13.3. The van der Waals surface area contributed by atoms with Gasteiger partial charge >= 0.3 is 0 Å². The molecular formula is C26H21ClF2N6O4S. The van der Waals surface area contributed by atoms with E-state index < -0.39 is 18.2 Å². The molecule has 1 N–H and O–H groups in total. The summed E-state index contributed by atoms with van der Waals surface area (Å²) >= 11 is 7.35. The summed E-state index contributed by atoms with van der Waals surface area (Å²) in [5.74, 6) is -0.740. The number of carbonyl (C=O) groups is 2. The number of thiazole rings is 1. The number of anilines is 1. The van der Waals surface area contributed by atoms with Gasteiger partial charge in [0.2, 0.25) is 5.88 Å². The number of pyridine rings is 3. The zero-order chi connectivity index (χ0) is 28.6. The van der Waals surface area contributed by atoms with Crippen molar-refractivity contribution in [3.63, 3.8) is 0 Å². The molecule has 0 bridgehead atoms. The number of amides is 2. The number of rotatable bonds is 7. The van der Waals surface area contributed by atoms with E-state index in [-0.39, 0.29) is 40.9 Å². The molecule has 206 valence electrons. The van der Waals surface area contributed by atoms with E-state index >= 15 is 0 Å². The first-order valence-electron chi connectivity index (χ1n) is 11.8. The van der Waals surface area contributed by atoms with Crippen LogP contribution in [0.25, 0.3) is 11.1 Å². The Morgan fingerprint density at radius 1 is 1.07 bits per heavy atom. The highest BCUT2D eigenvalue weighted by Crippen LogP contribution is 2.36. The normalized spacial score (nSPS) is 12.4. The van der Waals surface area contributed by atoms with Crippen molar-refractivity contribution in [2.24, 2.45) is 0 Å². The molecule has 2 amide bonds. The summed E-state index contributed by atoms with van der Waals surface area (Å²) in [6.07, 6.45) is 0.169. The van der Waals surface area contributed by atoms with Gasteiger partial charge in [-0.3, -0.25) is 19.9 Å². The fraction of sp³-hybridized carbons (Fsp3) is 0.231. The Morgan fingerprint density at radius 2 is 1.88 bits per heavy atom. The molecule has 5 heterocycles. The summed E-state index contributed by atoms with van der Waals surface area (Å²) in [7, 11) is 2.71. The molecule has 0 aliphatic carbocycles. The number of hydrogen-bond acceptors (Lipinski definition) is 9. The number of ether oxygens (including phenoxy) is 2. The molecule has 0 saturated heterocycles. The lowest BCUT2D eigenvalue weighted by Crippen LogP contribution is -2.26. The van der Waals surface area contributed by atoms with Gasteiger partial charge in [-0.05, 0) is 31.2 Å². The lowest BCUT2D eigenvalue weighted by Gasteiger charge is -2.16. The van der Waals surface area contributed by atoms with Crippen LogP contribution in [-0.4, -0.2) is 50.9 Å². The highest BCUT2D eigenvalue weighted by molar-refractivity contribution is 7.16. The van der Waals surface area contributed by atoms with E-state index in [9.17, 15) is 18.4 Å². The summed E-state index contributed by atoms with van der Waals surface area (Å²) in [4.78, 5) is 45.3. The van der Waals surface area contributed by atoms with Crippen LogP contribution in [0, 0.1) is 6.92 Å². The molecule has 0 unspecified atom stereocenters. The number of halogens is 3. The Hall–Kier alpha value is -4.23. The van der Waals surface area contributed by atoms with Crippen LogP contribution in [0.3, 0.4) is 0 Å². The van der Waals surface area contributed by atoms with Crippen LogP contribution < -0.4 is 14.8 Å². The summed E-state index contributed by atoms with van der Waals surface area (Å²) in [6.45, 7) is 2.20. The van der Waals surface area contributed by atoms with Crippen molar-refractivity contribution >= 4 is 39.9 Å². The van der Waals surface area contributed by atoms with E-state index in [0.717, 1.165) is 10.9 Å². The van der Waals surface area contributed by atoms with Crippen LogP contribution in [0.2, 0.25) is 5.15 Å². The second-order valence-corrected chi connectivity index (χ2v) is 10.1. The van der Waals surface area contributed by atoms with Crippen molar-refractivity contribution in [1.29, 1.82) is 0 Å². The van der Waals surface area contributed by atoms with Crippen LogP contribution in [0.5, 0.6) is 11.6 Å². The third-order valence-corrected chi connectivity index (χ3v) is 7.33. The van der Waals surface area contributed by atoms with Gasteiger partial charge in [-0.1, -0.05) is 22.9 Å². The second kappa shape index (κ2) is 11.1. The van der Waals surface area contributed by atoms with Gasteiger partial charge in [0.15, 0.2) is 5.13 Å². The fourth-order valence-corrected chi connectivity index (χ4v) is 5.36. The van der Waals surface area contributed by atoms with E-state index in [1.165, 1.54) is 48.9 Å². The van der Waals surface area contributed by atoms with Crippen molar-refractivity contribution in [2.75, 3.05) is 19.5 Å². The first kappa shape index (κ1) is 27.3. The molecule has 5 rings (SSSR count). The maximum Gasteiger partial charge on any atom is 0.273 e. The fourth-order valence-electron chi connectivity index (χ4n) is 4.22. The van der Waals surface area contributed by atoms with E-state index in [4.69, 9.17) is 21.1 Å². The molecule has 40 heavy (non-hydrogen) atoms. The van der Waals surface area contributed by atoms with Gasteiger partial charge in [0.25, 0.3) is 18.2 Å². The van der Waals surface area contributed by atoms with Crippen LogP contribution in [0.1, 0.15) is 49.1 Å². The number of aromatic nitrogens is 4. The Balaban J connectivity index is 1.33. The molecule has 0 fully saturated rings. The Morgan fingerprint density at radius 3 is 2.58 bits per heavy atom. The van der Waals surface area contributed by atoms with E-state index in [1.54, 1.807) is 19.1 Å². The zero-order valence-electron chi connectivity index (χ0n) is 21.4. The molecule has 4 aromatic heterocycles. The van der Waals surface area contributed by atoms with Crippen molar-refractivity contribution in [3.05, 3.63) is 74.9 Å². The van der Waals surface area contributed by atoms with Gasteiger partial charge in [-0.2, -0.15) is 0 Å². The molecule has 0 radical (unpaired) electrons. The quantitative estimate of drug-likeness (QED) is 0.289. The number of carbonyl (C=O) groups excluding carboxylic acids is 2. The predicted octanol–water partition coefficient (Wildman–Crippen LogP) is 5.32. The van der Waals surface area contributed by atoms with Crippen molar-refractivity contribution in [2.45, 2.75) is 26.4 Å². The Bertz CT molecular complexity index is 1610. The number of nitrogens with zero attached hydrogens (tertiary/aromatic N) is 5. The lowest BCUT2D eigenvalue weighted by molar-refractivity contribution is 0.0742. The molecule has 4 aromatic rings. The second-order valence-electron chi connectivity index (χ2n) is 8.68. The SMILES string of the molecule is COc1cnc(Cl)cc1-c1cc(C)ncc1C(=O)Nc1nc2c(s1)CN(C(=O)c1ccc(C(F)F)c(OC)n1)C2. The predicted molar refractivity (Wildman–Crippen MR) is 143 cm³/mol. The minimum Gasteiger partial charge on any atom is -0.494 e. The molecule has 1 aliphatic heterocycles. The standard InChI is InChI=1S/C26H21ClF2N6O4S/c1-12-6-14(15-7-21(27)31-9-19(15)38-2)16(8-30-12)23(36)34-26-33-18-10-35(11-20(18)40-26)25(37)17-5-4-13(22(28)29)24(32-17)39-3/h4-9,22H,10-11H2,1-3H3,(H,33,34,36). The first-order valence-corrected chi connectivity index (χ1v) is 13.0. The molecular weight excluding hydrogens is 566 g/mol. The van der Waals surface area contributed by atoms with Crippen LogP contribution in [0.4, 0.5) is 13.9 Å². The van der Waals surface area contributed by atoms with Gasteiger partial charge in [-0.15, -0.1) is 0 Å². The monoisotopic (exact) mass is 586 g/mol. The molecule has 10 nitrogen and oxygen atoms in total. The van der Waals surface area contributed by atoms with Crippen LogP contribution in [-0.2, 0) is 13.1 Å². The van der Waals surface area contributed by atoms with Gasteiger partial charge in [-0.25, -0.2) is 23.7 Å². The maximum absolute atomic E-state index is 13.3. The lowest BCUT2D eigenvalue weighted by atomic mass is 10.0. The Labute approximate surface area is 236 Å². The summed E-state index contributed by atoms with van der Waals surface area (Å²) in [5, 5.41) is 3.41. The molecule has 0 spiro atoms. The minimum atomic E-state index is -2.78. The van der Waals surface area contributed by atoms with E-state index in [1.807, 2.05) is 0 Å². The minimum absolute atomic E-state index is 0.0176. The van der Waals surface area contributed by atoms with Crippen molar-refractivity contribution in [1.82, 2.24) is 24.8 Å². The first-order chi connectivity index (χ1) is 19.2. The summed E-state index contributed by atoms with van der Waals surface area (Å²) in [5.41, 5.74) is 2.33. The van der Waals surface area contributed by atoms with Crippen LogP contribution >= 0.6 is 22.9 Å². The summed E-state index contributed by atoms with van der Waals surface area (Å²) < 4.78 is 36.6. The molecule has 0 aromatic carbocycles. The highest BCUT2D eigenvalue weighted by atomic mass is 35.5. The smallest absolute Gasteiger partial charge is 0.273 e. The number of nitrogens with one attached hydrogen (secondary N) is 1. The molecule has 0 atom stereocenters. The van der Waals surface area contributed by atoms with Gasteiger partial charge in [0.05, 0.1) is 55.2 Å². The average molecular weight is 587 g/mol. The largest absolute Gasteiger partial charge is 0.494 e. The number of hydrogen-bond donors (Lipinski definition) is 1. The van der Waals surface area contributed by atoms with Crippen LogP contribution in [0.15, 0.2) is 36.7 Å². The number of aryl methyl sites for hydroxylation is 1. The van der Waals surface area contributed by atoms with E-state index in [2.05, 4.69) is 25.3 Å². The third kappa shape index (κ3) is 5.29. The topological polar surface area (TPSA) is 119 Å². The van der Waals surface area contributed by atoms with E-state index in [0.29, 0.717) is 33.4 Å². The molecule has 1 aliphatic rings. The molecule has 14 heteroatoms. The van der Waals surface area contributed by atoms with Crippen molar-refractivity contribution < 1.29 is 27.8 Å². The number of methoxy groups -OCH3 is 2. The Kier molecular flexibility index (Phi) is 7.59. The number of alkyl halides is 2.